The molecule has 2 heterocycles. The highest BCUT2D eigenvalue weighted by Gasteiger charge is 2.22. The van der Waals surface area contributed by atoms with Gasteiger partial charge in [-0.15, -0.1) is 11.3 Å². The molecule has 0 bridgehead atoms. The summed E-state index contributed by atoms with van der Waals surface area (Å²) in [6.07, 6.45) is 5.54. The molecule has 0 aromatic carbocycles. The van der Waals surface area contributed by atoms with E-state index in [1.165, 1.54) is 33.3 Å². The molecular weight excluding hydrogens is 383 g/mol. The van der Waals surface area contributed by atoms with Crippen molar-refractivity contribution in [2.45, 2.75) is 31.8 Å². The molecule has 3 rings (SSSR count). The van der Waals surface area contributed by atoms with Crippen LogP contribution >= 0.6 is 33.9 Å². The van der Waals surface area contributed by atoms with Crippen molar-refractivity contribution < 1.29 is 4.74 Å². The van der Waals surface area contributed by atoms with Crippen molar-refractivity contribution in [3.8, 4) is 5.88 Å². The van der Waals surface area contributed by atoms with Crippen LogP contribution < -0.4 is 10.1 Å². The van der Waals surface area contributed by atoms with Gasteiger partial charge in [-0.05, 0) is 65.1 Å². The number of hydrogen-bond donors (Lipinski definition) is 1. The molecule has 0 aliphatic heterocycles. The van der Waals surface area contributed by atoms with Gasteiger partial charge in [-0.3, -0.25) is 0 Å². The van der Waals surface area contributed by atoms with E-state index in [2.05, 4.69) is 39.0 Å². The summed E-state index contributed by atoms with van der Waals surface area (Å²) in [6, 6.07) is 6.85. The maximum atomic E-state index is 5.17. The minimum absolute atomic E-state index is 0.484. The van der Waals surface area contributed by atoms with Crippen molar-refractivity contribution in [2.75, 3.05) is 7.11 Å². The SMILES string of the molecule is COc1cc(CNC2CCCc3sc(I)cc32)ccn1. The highest BCUT2D eigenvalue weighted by atomic mass is 127. The Labute approximate surface area is 136 Å². The van der Waals surface area contributed by atoms with E-state index in [1.807, 2.05) is 23.5 Å². The number of pyridine rings is 1. The first-order valence-electron chi connectivity index (χ1n) is 6.76. The molecule has 0 fully saturated rings. The van der Waals surface area contributed by atoms with Crippen molar-refractivity contribution in [1.29, 1.82) is 0 Å². The van der Waals surface area contributed by atoms with Gasteiger partial charge < -0.3 is 10.1 Å². The van der Waals surface area contributed by atoms with Crippen LogP contribution in [-0.2, 0) is 13.0 Å². The van der Waals surface area contributed by atoms with Crippen LogP contribution in [0.4, 0.5) is 0 Å². The summed E-state index contributed by atoms with van der Waals surface area (Å²) in [6.45, 7) is 0.857. The number of aromatic nitrogens is 1. The Morgan fingerprint density at radius 1 is 1.50 bits per heavy atom. The van der Waals surface area contributed by atoms with E-state index in [4.69, 9.17) is 4.74 Å². The second kappa shape index (κ2) is 6.41. The number of nitrogens with zero attached hydrogens (tertiary/aromatic N) is 1. The summed E-state index contributed by atoms with van der Waals surface area (Å²) in [7, 11) is 1.65. The van der Waals surface area contributed by atoms with Gasteiger partial charge in [0.15, 0.2) is 0 Å². The van der Waals surface area contributed by atoms with Crippen molar-refractivity contribution in [1.82, 2.24) is 10.3 Å². The number of ether oxygens (including phenoxy) is 1. The summed E-state index contributed by atoms with van der Waals surface area (Å²) in [5.41, 5.74) is 2.72. The zero-order chi connectivity index (χ0) is 13.9. The predicted octanol–water partition coefficient (Wildman–Crippen LogP) is 3.92. The third-order valence-electron chi connectivity index (χ3n) is 3.64. The van der Waals surface area contributed by atoms with Gasteiger partial charge in [-0.2, -0.15) is 0 Å². The van der Waals surface area contributed by atoms with Crippen LogP contribution in [0.1, 0.15) is 34.9 Å². The third kappa shape index (κ3) is 3.15. The van der Waals surface area contributed by atoms with E-state index in [-0.39, 0.29) is 0 Å². The normalized spacial score (nSPS) is 17.8. The zero-order valence-electron chi connectivity index (χ0n) is 11.4. The predicted molar refractivity (Wildman–Crippen MR) is 90.3 cm³/mol. The number of aryl methyl sites for hydroxylation is 1. The van der Waals surface area contributed by atoms with Gasteiger partial charge in [-0.1, -0.05) is 0 Å². The summed E-state index contributed by atoms with van der Waals surface area (Å²) in [5, 5.41) is 3.68. The minimum Gasteiger partial charge on any atom is -0.481 e. The van der Waals surface area contributed by atoms with Gasteiger partial charge in [-0.25, -0.2) is 4.98 Å². The molecule has 2 aromatic heterocycles. The third-order valence-corrected chi connectivity index (χ3v) is 5.62. The Balaban J connectivity index is 1.69. The van der Waals surface area contributed by atoms with Crippen molar-refractivity contribution >= 4 is 33.9 Å². The van der Waals surface area contributed by atoms with Gasteiger partial charge in [0.05, 0.1) is 9.99 Å². The Morgan fingerprint density at radius 2 is 2.40 bits per heavy atom. The molecule has 1 aliphatic carbocycles. The molecule has 0 spiro atoms. The molecule has 2 aromatic rings. The quantitative estimate of drug-likeness (QED) is 0.790. The maximum absolute atomic E-state index is 5.17. The molecule has 1 atom stereocenters. The number of halogens is 1. The lowest BCUT2D eigenvalue weighted by molar-refractivity contribution is 0.396. The van der Waals surface area contributed by atoms with E-state index in [9.17, 15) is 0 Å². The van der Waals surface area contributed by atoms with Gasteiger partial charge in [0.25, 0.3) is 0 Å². The molecular formula is C15H17IN2OS. The smallest absolute Gasteiger partial charge is 0.213 e. The highest BCUT2D eigenvalue weighted by molar-refractivity contribution is 14.1. The van der Waals surface area contributed by atoms with Crippen molar-refractivity contribution in [2.24, 2.45) is 0 Å². The molecule has 1 aliphatic rings. The first-order chi connectivity index (χ1) is 9.76. The average molecular weight is 400 g/mol. The van der Waals surface area contributed by atoms with Crippen LogP contribution in [0.3, 0.4) is 0 Å². The van der Waals surface area contributed by atoms with Crippen LogP contribution in [0.5, 0.6) is 5.88 Å². The fourth-order valence-electron chi connectivity index (χ4n) is 2.65. The molecule has 1 unspecified atom stereocenters. The first-order valence-corrected chi connectivity index (χ1v) is 8.66. The van der Waals surface area contributed by atoms with Crippen molar-refractivity contribution in [3.05, 3.63) is 43.3 Å². The topological polar surface area (TPSA) is 34.1 Å². The lowest BCUT2D eigenvalue weighted by Crippen LogP contribution is -2.23. The molecule has 1 N–H and O–H groups in total. The van der Waals surface area contributed by atoms with Crippen LogP contribution in [0.25, 0.3) is 0 Å². The monoisotopic (exact) mass is 400 g/mol. The molecule has 0 amide bonds. The number of rotatable bonds is 4. The molecule has 20 heavy (non-hydrogen) atoms. The lowest BCUT2D eigenvalue weighted by Gasteiger charge is -2.23. The summed E-state index contributed by atoms with van der Waals surface area (Å²) >= 11 is 4.36. The fourth-order valence-corrected chi connectivity index (χ4v) is 4.77. The zero-order valence-corrected chi connectivity index (χ0v) is 14.3. The minimum atomic E-state index is 0.484. The lowest BCUT2D eigenvalue weighted by atomic mass is 9.94. The first kappa shape index (κ1) is 14.3. The Morgan fingerprint density at radius 3 is 3.25 bits per heavy atom. The molecule has 5 heteroatoms. The largest absolute Gasteiger partial charge is 0.481 e. The maximum Gasteiger partial charge on any atom is 0.213 e. The van der Waals surface area contributed by atoms with E-state index in [0.717, 1.165) is 6.54 Å². The van der Waals surface area contributed by atoms with Crippen LogP contribution in [0.15, 0.2) is 24.4 Å². The summed E-state index contributed by atoms with van der Waals surface area (Å²) < 4.78 is 6.56. The van der Waals surface area contributed by atoms with Gasteiger partial charge in [0.1, 0.15) is 0 Å². The number of hydrogen-bond acceptors (Lipinski definition) is 4. The molecule has 0 saturated carbocycles. The number of nitrogens with one attached hydrogen (secondary N) is 1. The van der Waals surface area contributed by atoms with E-state index in [0.29, 0.717) is 11.9 Å². The number of fused-ring (bicyclic) bond motifs is 1. The second-order valence-corrected chi connectivity index (χ2v) is 7.99. The summed E-state index contributed by atoms with van der Waals surface area (Å²) in [4.78, 5) is 5.70. The standard InChI is InChI=1S/C15H17IN2OS/c1-19-15-7-10(5-6-17-15)9-18-12-3-2-4-13-11(12)8-14(16)20-13/h5-8,12,18H,2-4,9H2,1H3. The van der Waals surface area contributed by atoms with Crippen LogP contribution in [-0.4, -0.2) is 12.1 Å². The van der Waals surface area contributed by atoms with E-state index >= 15 is 0 Å². The number of methoxy groups -OCH3 is 1. The Bertz CT molecular complexity index is 599. The Kier molecular flexibility index (Phi) is 4.58. The molecule has 0 saturated heterocycles. The Hall–Kier alpha value is -0.660. The van der Waals surface area contributed by atoms with Crippen molar-refractivity contribution in [3.63, 3.8) is 0 Å². The van der Waals surface area contributed by atoms with Gasteiger partial charge >= 0.3 is 0 Å². The molecule has 3 nitrogen and oxygen atoms in total. The van der Waals surface area contributed by atoms with E-state index in [1.54, 1.807) is 18.2 Å². The molecule has 0 radical (unpaired) electrons. The fraction of sp³-hybridized carbons (Fsp3) is 0.400. The number of thiophene rings is 1. The van der Waals surface area contributed by atoms with Gasteiger partial charge in [0.2, 0.25) is 5.88 Å². The average Bonchev–Trinajstić information content (AvgIpc) is 2.86. The van der Waals surface area contributed by atoms with Crippen LogP contribution in [0, 0.1) is 2.88 Å². The molecule has 106 valence electrons. The second-order valence-electron chi connectivity index (χ2n) is 4.96. The highest BCUT2D eigenvalue weighted by Crippen LogP contribution is 2.36. The van der Waals surface area contributed by atoms with Gasteiger partial charge in [0, 0.05) is 29.7 Å². The summed E-state index contributed by atoms with van der Waals surface area (Å²) in [5.74, 6) is 0.679. The van der Waals surface area contributed by atoms with E-state index < -0.39 is 0 Å². The van der Waals surface area contributed by atoms with Crippen LogP contribution in [0.2, 0.25) is 0 Å².